The van der Waals surface area contributed by atoms with Crippen molar-refractivity contribution in [3.63, 3.8) is 0 Å². The van der Waals surface area contributed by atoms with Crippen LogP contribution in [-0.4, -0.2) is 26.2 Å². The second-order valence-corrected chi connectivity index (χ2v) is 7.70. The molecule has 0 radical (unpaired) electrons. The highest BCUT2D eigenvalue weighted by molar-refractivity contribution is 6.02. The Morgan fingerprint density at radius 3 is 2.78 bits per heavy atom. The summed E-state index contributed by atoms with van der Waals surface area (Å²) < 4.78 is 14.9. The van der Waals surface area contributed by atoms with Crippen molar-refractivity contribution >= 4 is 11.6 Å². The molecule has 0 bridgehead atoms. The number of pyridine rings is 1. The Balaban J connectivity index is 1.47. The van der Waals surface area contributed by atoms with E-state index in [-0.39, 0.29) is 35.6 Å². The van der Waals surface area contributed by atoms with Crippen LogP contribution in [0.25, 0.3) is 0 Å². The smallest absolute Gasteiger partial charge is 0.270 e. The molecular weight excluding hydrogens is 413 g/mol. The number of rotatable bonds is 5. The van der Waals surface area contributed by atoms with Crippen LogP contribution in [0.15, 0.2) is 52.5 Å². The van der Waals surface area contributed by atoms with Crippen LogP contribution in [0, 0.1) is 19.7 Å². The van der Waals surface area contributed by atoms with E-state index in [9.17, 15) is 14.0 Å². The van der Waals surface area contributed by atoms with Gasteiger partial charge in [0.25, 0.3) is 5.91 Å². The van der Waals surface area contributed by atoms with Gasteiger partial charge in [0.05, 0.1) is 5.69 Å². The van der Waals surface area contributed by atoms with Gasteiger partial charge < -0.3 is 14.7 Å². The number of oxime groups is 1. The molecule has 3 heterocycles. The molecule has 3 aromatic rings. The number of aromatic nitrogens is 3. The Morgan fingerprint density at radius 1 is 1.22 bits per heavy atom. The van der Waals surface area contributed by atoms with Gasteiger partial charge in [0, 0.05) is 37.8 Å². The minimum Gasteiger partial charge on any atom is -0.387 e. The molecular formula is C23H22FN5O3. The third kappa shape index (κ3) is 4.56. The maximum absolute atomic E-state index is 13.4. The van der Waals surface area contributed by atoms with Crippen LogP contribution in [0.4, 0.5) is 4.39 Å². The molecule has 1 aliphatic heterocycles. The number of carbonyl (C=O) groups excluding carboxylic acids is 1. The summed E-state index contributed by atoms with van der Waals surface area (Å²) in [7, 11) is 1.68. The summed E-state index contributed by atoms with van der Waals surface area (Å²) >= 11 is 0. The van der Waals surface area contributed by atoms with Gasteiger partial charge in [-0.2, -0.15) is 0 Å². The average molecular weight is 435 g/mol. The lowest BCUT2D eigenvalue weighted by atomic mass is 10.0. The van der Waals surface area contributed by atoms with Crippen molar-refractivity contribution in [3.8, 4) is 0 Å². The molecule has 8 nitrogen and oxygen atoms in total. The standard InChI is InChI=1S/C23H22FN5O3/c1-13-8-15(4-6-17(13)24)11-25-23(31)20-9-18(26-14(2)27-20)19-10-21(32-28-19)16-5-7-22(30)29(3)12-16/h4-9,12,21H,10-11H2,1-3H3,(H,25,31). The number of halogens is 1. The first-order valence-electron chi connectivity index (χ1n) is 10.1. The van der Waals surface area contributed by atoms with Crippen molar-refractivity contribution in [2.45, 2.75) is 32.9 Å². The maximum Gasteiger partial charge on any atom is 0.270 e. The zero-order chi connectivity index (χ0) is 22.8. The number of nitrogens with one attached hydrogen (secondary N) is 1. The fraction of sp³-hybridized carbons (Fsp3) is 0.261. The molecule has 32 heavy (non-hydrogen) atoms. The van der Waals surface area contributed by atoms with Gasteiger partial charge in [-0.05, 0) is 43.2 Å². The van der Waals surface area contributed by atoms with Gasteiger partial charge in [0.2, 0.25) is 5.56 Å². The highest BCUT2D eigenvalue weighted by Gasteiger charge is 2.26. The van der Waals surface area contributed by atoms with E-state index in [4.69, 9.17) is 4.84 Å². The quantitative estimate of drug-likeness (QED) is 0.665. The number of nitrogens with zero attached hydrogens (tertiary/aromatic N) is 4. The number of carbonyl (C=O) groups is 1. The van der Waals surface area contributed by atoms with E-state index in [0.717, 1.165) is 11.1 Å². The van der Waals surface area contributed by atoms with Gasteiger partial charge in [-0.3, -0.25) is 9.59 Å². The molecule has 1 aromatic carbocycles. The van der Waals surface area contributed by atoms with Crippen LogP contribution >= 0.6 is 0 Å². The summed E-state index contributed by atoms with van der Waals surface area (Å²) in [5.41, 5.74) is 3.33. The van der Waals surface area contributed by atoms with Crippen LogP contribution in [0.2, 0.25) is 0 Å². The van der Waals surface area contributed by atoms with Crippen molar-refractivity contribution < 1.29 is 14.0 Å². The molecule has 0 aliphatic carbocycles. The van der Waals surface area contributed by atoms with Crippen LogP contribution in [-0.2, 0) is 18.4 Å². The molecule has 1 aliphatic rings. The average Bonchev–Trinajstić information content (AvgIpc) is 3.26. The molecule has 1 amide bonds. The summed E-state index contributed by atoms with van der Waals surface area (Å²) in [6.45, 7) is 3.62. The predicted molar refractivity (Wildman–Crippen MR) is 116 cm³/mol. The van der Waals surface area contributed by atoms with E-state index < -0.39 is 0 Å². The van der Waals surface area contributed by atoms with Crippen LogP contribution in [0.3, 0.4) is 0 Å². The zero-order valence-electron chi connectivity index (χ0n) is 17.9. The Bertz CT molecular complexity index is 1280. The van der Waals surface area contributed by atoms with Crippen molar-refractivity contribution in [2.24, 2.45) is 12.2 Å². The Kier molecular flexibility index (Phi) is 5.81. The first-order chi connectivity index (χ1) is 15.3. The molecule has 164 valence electrons. The summed E-state index contributed by atoms with van der Waals surface area (Å²) in [6, 6.07) is 9.47. The Labute approximate surface area is 183 Å². The molecule has 1 atom stereocenters. The van der Waals surface area contributed by atoms with Gasteiger partial charge in [-0.15, -0.1) is 0 Å². The van der Waals surface area contributed by atoms with Gasteiger partial charge >= 0.3 is 0 Å². The SMILES string of the molecule is Cc1nc(C(=O)NCc2ccc(F)c(C)c2)cc(C2=NOC(c3ccc(=O)n(C)c3)C2)n1. The van der Waals surface area contributed by atoms with Crippen LogP contribution in [0.1, 0.15) is 51.2 Å². The Morgan fingerprint density at radius 2 is 2.03 bits per heavy atom. The summed E-state index contributed by atoms with van der Waals surface area (Å²) in [5, 5.41) is 6.94. The molecule has 2 aromatic heterocycles. The molecule has 1 N–H and O–H groups in total. The largest absolute Gasteiger partial charge is 0.387 e. The third-order valence-electron chi connectivity index (χ3n) is 5.19. The second kappa shape index (κ2) is 8.70. The third-order valence-corrected chi connectivity index (χ3v) is 5.19. The van der Waals surface area contributed by atoms with Crippen molar-refractivity contribution in [1.29, 1.82) is 0 Å². The molecule has 1 unspecified atom stereocenters. The van der Waals surface area contributed by atoms with Gasteiger partial charge in [0.1, 0.15) is 23.0 Å². The first-order valence-corrected chi connectivity index (χ1v) is 10.1. The summed E-state index contributed by atoms with van der Waals surface area (Å²) in [4.78, 5) is 38.5. The summed E-state index contributed by atoms with van der Waals surface area (Å²) in [6.07, 6.45) is 1.82. The van der Waals surface area contributed by atoms with E-state index in [1.807, 2.05) is 0 Å². The number of hydrogen-bond donors (Lipinski definition) is 1. The van der Waals surface area contributed by atoms with Crippen LogP contribution in [0.5, 0.6) is 0 Å². The molecule has 4 rings (SSSR count). The minimum absolute atomic E-state index is 0.106. The normalized spacial score (nSPS) is 15.2. The topological polar surface area (TPSA) is 98.5 Å². The lowest BCUT2D eigenvalue weighted by Crippen LogP contribution is -2.25. The van der Waals surface area contributed by atoms with Crippen molar-refractivity contribution in [3.05, 3.63) is 92.7 Å². The van der Waals surface area contributed by atoms with Crippen molar-refractivity contribution in [1.82, 2.24) is 19.9 Å². The lowest BCUT2D eigenvalue weighted by molar-refractivity contribution is 0.0852. The van der Waals surface area contributed by atoms with Crippen molar-refractivity contribution in [2.75, 3.05) is 0 Å². The van der Waals surface area contributed by atoms with Gasteiger partial charge in [0.15, 0.2) is 6.10 Å². The molecule has 0 saturated heterocycles. The van der Waals surface area contributed by atoms with E-state index in [0.29, 0.717) is 29.2 Å². The van der Waals surface area contributed by atoms with Gasteiger partial charge in [-0.1, -0.05) is 17.3 Å². The number of amides is 1. The molecule has 9 heteroatoms. The number of aryl methyl sites for hydroxylation is 3. The van der Waals surface area contributed by atoms with E-state index >= 15 is 0 Å². The second-order valence-electron chi connectivity index (χ2n) is 7.70. The highest BCUT2D eigenvalue weighted by atomic mass is 19.1. The fourth-order valence-corrected chi connectivity index (χ4v) is 3.43. The Hall–Kier alpha value is -3.88. The highest BCUT2D eigenvalue weighted by Crippen LogP contribution is 2.28. The molecule has 0 spiro atoms. The van der Waals surface area contributed by atoms with E-state index in [1.165, 1.54) is 16.7 Å². The number of benzene rings is 1. The maximum atomic E-state index is 13.4. The molecule has 0 fully saturated rings. The molecule has 0 saturated carbocycles. The fourth-order valence-electron chi connectivity index (χ4n) is 3.43. The minimum atomic E-state index is -0.368. The van der Waals surface area contributed by atoms with Crippen LogP contribution < -0.4 is 10.9 Å². The first kappa shape index (κ1) is 21.4. The predicted octanol–water partition coefficient (Wildman–Crippen LogP) is 2.73. The van der Waals surface area contributed by atoms with E-state index in [2.05, 4.69) is 20.4 Å². The van der Waals surface area contributed by atoms with E-state index in [1.54, 1.807) is 51.4 Å². The monoisotopic (exact) mass is 435 g/mol. The van der Waals surface area contributed by atoms with Gasteiger partial charge in [-0.25, -0.2) is 14.4 Å². The lowest BCUT2D eigenvalue weighted by Gasteiger charge is -2.10. The number of hydrogen-bond acceptors (Lipinski definition) is 6. The zero-order valence-corrected chi connectivity index (χ0v) is 17.9. The summed E-state index contributed by atoms with van der Waals surface area (Å²) in [5.74, 6) is -0.224.